The molecule has 0 bridgehead atoms. The largest absolute Gasteiger partial charge is 0.390 e. The van der Waals surface area contributed by atoms with E-state index < -0.39 is 11.1 Å². The van der Waals surface area contributed by atoms with E-state index in [1.54, 1.807) is 0 Å². The van der Waals surface area contributed by atoms with Gasteiger partial charge in [0.25, 0.3) is 0 Å². The zero-order chi connectivity index (χ0) is 14.3. The number of nitrogens with one attached hydrogen (secondary N) is 2. The molecule has 3 N–H and O–H groups in total. The Morgan fingerprint density at radius 1 is 1.32 bits per heavy atom. The lowest BCUT2D eigenvalue weighted by molar-refractivity contribution is -0.130. The minimum Gasteiger partial charge on any atom is -0.390 e. The first-order valence-corrected chi connectivity index (χ1v) is 7.55. The lowest BCUT2D eigenvalue weighted by atomic mass is 9.69. The van der Waals surface area contributed by atoms with Crippen LogP contribution in [-0.2, 0) is 4.79 Å². The van der Waals surface area contributed by atoms with Gasteiger partial charge in [0.2, 0.25) is 5.91 Å². The number of aliphatic hydroxyl groups is 1. The summed E-state index contributed by atoms with van der Waals surface area (Å²) in [6.45, 7) is 8.99. The van der Waals surface area contributed by atoms with Gasteiger partial charge in [-0.15, -0.1) is 0 Å². The predicted octanol–water partition coefficient (Wildman–Crippen LogP) is 1.43. The molecule has 1 aliphatic carbocycles. The summed E-state index contributed by atoms with van der Waals surface area (Å²) in [4.78, 5) is 12.5. The summed E-state index contributed by atoms with van der Waals surface area (Å²) in [6.07, 6.45) is 3.73. The van der Waals surface area contributed by atoms with Crippen LogP contribution in [0.1, 0.15) is 53.4 Å². The molecule has 2 aliphatic rings. The van der Waals surface area contributed by atoms with Crippen molar-refractivity contribution in [2.75, 3.05) is 6.54 Å². The monoisotopic (exact) mass is 268 g/mol. The molecule has 1 unspecified atom stereocenters. The van der Waals surface area contributed by atoms with E-state index in [1.807, 2.05) is 20.8 Å². The van der Waals surface area contributed by atoms with Crippen LogP contribution in [0.4, 0.5) is 0 Å². The fourth-order valence-electron chi connectivity index (χ4n) is 3.47. The molecule has 0 spiro atoms. The lowest BCUT2D eigenvalue weighted by Gasteiger charge is -2.45. The van der Waals surface area contributed by atoms with Crippen molar-refractivity contribution in [1.29, 1.82) is 0 Å². The third-order valence-corrected chi connectivity index (χ3v) is 5.41. The van der Waals surface area contributed by atoms with Gasteiger partial charge in [0, 0.05) is 12.0 Å². The highest BCUT2D eigenvalue weighted by Crippen LogP contribution is 2.37. The van der Waals surface area contributed by atoms with Gasteiger partial charge in [0.15, 0.2) is 0 Å². The zero-order valence-electron chi connectivity index (χ0n) is 12.6. The van der Waals surface area contributed by atoms with Crippen molar-refractivity contribution in [3.05, 3.63) is 0 Å². The summed E-state index contributed by atoms with van der Waals surface area (Å²) < 4.78 is 0. The Balaban J connectivity index is 2.06. The number of hydrogen-bond acceptors (Lipinski definition) is 3. The number of carbonyl (C=O) groups excluding carboxylic acids is 1. The van der Waals surface area contributed by atoms with Crippen LogP contribution in [0.3, 0.4) is 0 Å². The maximum absolute atomic E-state index is 12.5. The van der Waals surface area contributed by atoms with Gasteiger partial charge in [-0.25, -0.2) is 0 Å². The minimum atomic E-state index is -0.672. The van der Waals surface area contributed by atoms with E-state index in [2.05, 4.69) is 17.6 Å². The zero-order valence-corrected chi connectivity index (χ0v) is 12.6. The molecule has 1 saturated carbocycles. The molecule has 19 heavy (non-hydrogen) atoms. The van der Waals surface area contributed by atoms with Crippen molar-refractivity contribution < 1.29 is 9.90 Å². The van der Waals surface area contributed by atoms with E-state index in [4.69, 9.17) is 0 Å². The number of carbonyl (C=O) groups is 1. The molecule has 4 heteroatoms. The second-order valence-electron chi connectivity index (χ2n) is 7.02. The van der Waals surface area contributed by atoms with E-state index in [-0.39, 0.29) is 17.9 Å². The Kier molecular flexibility index (Phi) is 3.94. The summed E-state index contributed by atoms with van der Waals surface area (Å²) in [7, 11) is 0. The number of hydrogen-bond donors (Lipinski definition) is 3. The Labute approximate surface area is 116 Å². The first kappa shape index (κ1) is 14.8. The first-order valence-electron chi connectivity index (χ1n) is 7.55. The molecule has 2 fully saturated rings. The van der Waals surface area contributed by atoms with Crippen LogP contribution in [0.2, 0.25) is 0 Å². The number of rotatable bonds is 2. The van der Waals surface area contributed by atoms with Crippen LogP contribution in [0.15, 0.2) is 0 Å². The molecule has 0 radical (unpaired) electrons. The molecular formula is C15H28N2O2. The van der Waals surface area contributed by atoms with Crippen molar-refractivity contribution in [2.24, 2.45) is 11.8 Å². The van der Waals surface area contributed by atoms with Gasteiger partial charge in [-0.2, -0.15) is 0 Å². The molecule has 4 nitrogen and oxygen atoms in total. The molecule has 5 atom stereocenters. The Hall–Kier alpha value is -0.610. The van der Waals surface area contributed by atoms with Gasteiger partial charge in [0.1, 0.15) is 0 Å². The molecule has 1 heterocycles. The molecule has 0 aromatic carbocycles. The van der Waals surface area contributed by atoms with Crippen LogP contribution in [0, 0.1) is 11.8 Å². The standard InChI is InChI=1S/C15H28N2O2/c1-10-6-8-15(4,19)11(2)12(10)17-13(18)14(3)7-5-9-16-14/h10-12,16,19H,5-9H2,1-4H3,(H,17,18)/t10-,11+,12+,14-,15?/m1/s1. The van der Waals surface area contributed by atoms with Gasteiger partial charge >= 0.3 is 0 Å². The average molecular weight is 268 g/mol. The Bertz CT molecular complexity index is 348. The van der Waals surface area contributed by atoms with Crippen LogP contribution < -0.4 is 10.6 Å². The summed E-state index contributed by atoms with van der Waals surface area (Å²) in [5.74, 6) is 0.598. The molecular weight excluding hydrogens is 240 g/mol. The van der Waals surface area contributed by atoms with E-state index in [1.165, 1.54) is 0 Å². The van der Waals surface area contributed by atoms with Crippen molar-refractivity contribution in [3.8, 4) is 0 Å². The molecule has 1 aliphatic heterocycles. The van der Waals surface area contributed by atoms with Gasteiger partial charge in [-0.3, -0.25) is 4.79 Å². The molecule has 0 aromatic rings. The van der Waals surface area contributed by atoms with Crippen molar-refractivity contribution in [2.45, 2.75) is 70.6 Å². The summed E-state index contributed by atoms with van der Waals surface area (Å²) in [6, 6.07) is 0.0653. The number of amides is 1. The highest BCUT2D eigenvalue weighted by Gasteiger charge is 2.44. The van der Waals surface area contributed by atoms with Gasteiger partial charge in [-0.05, 0) is 52.0 Å². The molecule has 1 saturated heterocycles. The lowest BCUT2D eigenvalue weighted by Crippen LogP contribution is -2.60. The quantitative estimate of drug-likeness (QED) is 0.710. The van der Waals surface area contributed by atoms with E-state index in [0.29, 0.717) is 5.92 Å². The average Bonchev–Trinajstić information content (AvgIpc) is 2.78. The van der Waals surface area contributed by atoms with Gasteiger partial charge in [0.05, 0.1) is 11.1 Å². The van der Waals surface area contributed by atoms with E-state index in [9.17, 15) is 9.90 Å². The predicted molar refractivity (Wildman–Crippen MR) is 75.8 cm³/mol. The van der Waals surface area contributed by atoms with E-state index >= 15 is 0 Å². The molecule has 1 amide bonds. The third kappa shape index (κ3) is 2.79. The van der Waals surface area contributed by atoms with E-state index in [0.717, 1.165) is 32.2 Å². The maximum Gasteiger partial charge on any atom is 0.240 e. The molecule has 2 rings (SSSR count). The smallest absolute Gasteiger partial charge is 0.240 e. The Morgan fingerprint density at radius 3 is 2.58 bits per heavy atom. The second kappa shape index (κ2) is 5.06. The normalized spacial score (nSPS) is 47.1. The van der Waals surface area contributed by atoms with Crippen LogP contribution in [0.5, 0.6) is 0 Å². The van der Waals surface area contributed by atoms with Crippen LogP contribution in [0.25, 0.3) is 0 Å². The van der Waals surface area contributed by atoms with Crippen molar-refractivity contribution in [3.63, 3.8) is 0 Å². The Morgan fingerprint density at radius 2 is 2.00 bits per heavy atom. The summed E-state index contributed by atoms with van der Waals surface area (Å²) in [5, 5.41) is 16.9. The summed E-state index contributed by atoms with van der Waals surface area (Å²) in [5.41, 5.74) is -1.10. The topological polar surface area (TPSA) is 61.4 Å². The fraction of sp³-hybridized carbons (Fsp3) is 0.933. The molecule has 110 valence electrons. The van der Waals surface area contributed by atoms with Crippen molar-refractivity contribution >= 4 is 5.91 Å². The second-order valence-corrected chi connectivity index (χ2v) is 7.02. The summed E-state index contributed by atoms with van der Waals surface area (Å²) >= 11 is 0. The van der Waals surface area contributed by atoms with Gasteiger partial charge < -0.3 is 15.7 Å². The van der Waals surface area contributed by atoms with Crippen molar-refractivity contribution in [1.82, 2.24) is 10.6 Å². The SMILES string of the molecule is C[C@@H]1CCC(C)(O)[C@@H](C)[C@H]1NC(=O)[C@@]1(C)CCCN1. The van der Waals surface area contributed by atoms with Crippen LogP contribution >= 0.6 is 0 Å². The molecule has 0 aromatic heterocycles. The van der Waals surface area contributed by atoms with Gasteiger partial charge in [-0.1, -0.05) is 13.8 Å². The minimum absolute atomic E-state index is 0.0653. The highest BCUT2D eigenvalue weighted by atomic mass is 16.3. The van der Waals surface area contributed by atoms with Crippen LogP contribution in [-0.4, -0.2) is 34.7 Å². The highest BCUT2D eigenvalue weighted by molar-refractivity contribution is 5.86. The third-order valence-electron chi connectivity index (χ3n) is 5.41. The first-order chi connectivity index (χ1) is 8.76. The maximum atomic E-state index is 12.5. The fourth-order valence-corrected chi connectivity index (χ4v) is 3.47.